The van der Waals surface area contributed by atoms with E-state index in [4.69, 9.17) is 18.0 Å². The molecule has 0 aliphatic heterocycles. The van der Waals surface area contributed by atoms with Crippen molar-refractivity contribution in [1.82, 2.24) is 4.90 Å². The third kappa shape index (κ3) is 4.33. The maximum absolute atomic E-state index is 11.9. The van der Waals surface area contributed by atoms with Crippen molar-refractivity contribution in [3.63, 3.8) is 0 Å². The van der Waals surface area contributed by atoms with Crippen molar-refractivity contribution >= 4 is 28.9 Å². The lowest BCUT2D eigenvalue weighted by Gasteiger charge is -2.21. The average molecular weight is 265 g/mol. The highest BCUT2D eigenvalue weighted by Gasteiger charge is 2.14. The highest BCUT2D eigenvalue weighted by Crippen LogP contribution is 2.10. The van der Waals surface area contributed by atoms with Crippen LogP contribution in [0.5, 0.6) is 0 Å². The number of thiocarbonyl (C=S) groups is 1. The van der Waals surface area contributed by atoms with Crippen LogP contribution in [0.4, 0.5) is 10.5 Å². The molecule has 4 nitrogen and oxygen atoms in total. The van der Waals surface area contributed by atoms with Gasteiger partial charge in [-0.15, -0.1) is 0 Å². The van der Waals surface area contributed by atoms with Gasteiger partial charge in [0.1, 0.15) is 0 Å². The number of benzene rings is 1. The van der Waals surface area contributed by atoms with Crippen LogP contribution in [0, 0.1) is 12.8 Å². The van der Waals surface area contributed by atoms with Gasteiger partial charge in [-0.2, -0.15) is 0 Å². The van der Waals surface area contributed by atoms with E-state index in [0.29, 0.717) is 11.5 Å². The summed E-state index contributed by atoms with van der Waals surface area (Å²) in [5.74, 6) is 0.00765. The van der Waals surface area contributed by atoms with E-state index in [1.54, 1.807) is 11.9 Å². The first-order chi connectivity index (χ1) is 8.40. The van der Waals surface area contributed by atoms with Crippen molar-refractivity contribution in [2.75, 3.05) is 18.9 Å². The van der Waals surface area contributed by atoms with E-state index in [0.717, 1.165) is 11.3 Å². The Hall–Kier alpha value is -1.62. The van der Waals surface area contributed by atoms with Crippen LogP contribution in [0.1, 0.15) is 12.5 Å². The SMILES string of the molecule is Cc1cccc(NC(=O)N(C)CC(C)C(N)=S)c1. The van der Waals surface area contributed by atoms with Crippen LogP contribution in [0.25, 0.3) is 0 Å². The summed E-state index contributed by atoms with van der Waals surface area (Å²) < 4.78 is 0. The van der Waals surface area contributed by atoms with E-state index in [-0.39, 0.29) is 11.9 Å². The minimum absolute atomic E-state index is 0.00765. The van der Waals surface area contributed by atoms with Gasteiger partial charge in [0.05, 0.1) is 4.99 Å². The Morgan fingerprint density at radius 3 is 2.78 bits per heavy atom. The Labute approximate surface area is 113 Å². The fraction of sp³-hybridized carbons (Fsp3) is 0.385. The molecule has 0 saturated carbocycles. The van der Waals surface area contributed by atoms with Gasteiger partial charge in [0.15, 0.2) is 0 Å². The van der Waals surface area contributed by atoms with Crippen molar-refractivity contribution < 1.29 is 4.79 Å². The summed E-state index contributed by atoms with van der Waals surface area (Å²) in [5.41, 5.74) is 7.42. The molecule has 0 heterocycles. The molecular weight excluding hydrogens is 246 g/mol. The predicted octanol–water partition coefficient (Wildman–Crippen LogP) is 2.38. The predicted molar refractivity (Wildman–Crippen MR) is 78.8 cm³/mol. The van der Waals surface area contributed by atoms with Gasteiger partial charge in [-0.1, -0.05) is 31.3 Å². The van der Waals surface area contributed by atoms with E-state index >= 15 is 0 Å². The van der Waals surface area contributed by atoms with Gasteiger partial charge < -0.3 is 16.0 Å². The molecular formula is C13H19N3OS. The molecule has 0 aromatic heterocycles. The van der Waals surface area contributed by atoms with E-state index in [1.165, 1.54) is 0 Å². The molecule has 1 aromatic carbocycles. The largest absolute Gasteiger partial charge is 0.393 e. The average Bonchev–Trinajstić information content (AvgIpc) is 2.28. The highest BCUT2D eigenvalue weighted by molar-refractivity contribution is 7.80. The molecule has 0 aliphatic rings. The lowest BCUT2D eigenvalue weighted by atomic mass is 10.2. The molecule has 0 saturated heterocycles. The highest BCUT2D eigenvalue weighted by atomic mass is 32.1. The molecule has 5 heteroatoms. The van der Waals surface area contributed by atoms with E-state index in [9.17, 15) is 4.79 Å². The second-order valence-electron chi connectivity index (χ2n) is 4.48. The van der Waals surface area contributed by atoms with Gasteiger partial charge in [-0.25, -0.2) is 4.79 Å². The van der Waals surface area contributed by atoms with Gasteiger partial charge in [0.2, 0.25) is 0 Å². The summed E-state index contributed by atoms with van der Waals surface area (Å²) in [5, 5.41) is 2.83. The molecule has 1 rings (SSSR count). The van der Waals surface area contributed by atoms with Crippen molar-refractivity contribution in [2.45, 2.75) is 13.8 Å². The van der Waals surface area contributed by atoms with Gasteiger partial charge >= 0.3 is 6.03 Å². The summed E-state index contributed by atoms with van der Waals surface area (Å²) in [4.78, 5) is 13.9. The quantitative estimate of drug-likeness (QED) is 0.822. The summed E-state index contributed by atoms with van der Waals surface area (Å²) in [7, 11) is 1.72. The van der Waals surface area contributed by atoms with Crippen LogP contribution in [0.3, 0.4) is 0 Å². The van der Waals surface area contributed by atoms with Crippen LogP contribution in [-0.4, -0.2) is 29.5 Å². The topological polar surface area (TPSA) is 58.4 Å². The number of hydrogen-bond acceptors (Lipinski definition) is 2. The fourth-order valence-electron chi connectivity index (χ4n) is 1.53. The molecule has 0 bridgehead atoms. The number of hydrogen-bond donors (Lipinski definition) is 2. The first-order valence-corrected chi connectivity index (χ1v) is 6.19. The Balaban J connectivity index is 2.57. The molecule has 1 aromatic rings. The number of rotatable bonds is 4. The number of aryl methyl sites for hydroxylation is 1. The maximum Gasteiger partial charge on any atom is 0.321 e. The molecule has 2 amide bonds. The Kier molecular flexibility index (Phi) is 5.09. The van der Waals surface area contributed by atoms with Crippen LogP contribution < -0.4 is 11.1 Å². The lowest BCUT2D eigenvalue weighted by Crippen LogP contribution is -2.37. The zero-order valence-electron chi connectivity index (χ0n) is 10.9. The monoisotopic (exact) mass is 265 g/mol. The number of nitrogens with two attached hydrogens (primary N) is 1. The third-order valence-corrected chi connectivity index (χ3v) is 3.05. The number of amides is 2. The summed E-state index contributed by atoms with van der Waals surface area (Å²) in [6.07, 6.45) is 0. The maximum atomic E-state index is 11.9. The van der Waals surface area contributed by atoms with Crippen LogP contribution in [0.15, 0.2) is 24.3 Å². The van der Waals surface area contributed by atoms with Gasteiger partial charge in [0.25, 0.3) is 0 Å². The zero-order valence-corrected chi connectivity index (χ0v) is 11.8. The number of nitrogens with one attached hydrogen (secondary N) is 1. The summed E-state index contributed by atoms with van der Waals surface area (Å²) in [6, 6.07) is 7.50. The Morgan fingerprint density at radius 1 is 1.56 bits per heavy atom. The standard InChI is InChI=1S/C13H19N3OS/c1-9-5-4-6-11(7-9)15-13(17)16(3)8-10(2)12(14)18/h4-7,10H,8H2,1-3H3,(H2,14,18)(H,15,17). The lowest BCUT2D eigenvalue weighted by molar-refractivity contribution is 0.220. The van der Waals surface area contributed by atoms with E-state index in [1.807, 2.05) is 38.1 Å². The Bertz CT molecular complexity index is 448. The molecule has 0 spiro atoms. The van der Waals surface area contributed by atoms with Crippen LogP contribution >= 0.6 is 12.2 Å². The molecule has 18 heavy (non-hydrogen) atoms. The molecule has 1 atom stereocenters. The summed E-state index contributed by atoms with van der Waals surface area (Å²) in [6.45, 7) is 4.39. The second kappa shape index (κ2) is 6.35. The zero-order chi connectivity index (χ0) is 13.7. The first-order valence-electron chi connectivity index (χ1n) is 5.78. The number of carbonyl (C=O) groups is 1. The molecule has 3 N–H and O–H groups in total. The molecule has 0 fully saturated rings. The molecule has 0 radical (unpaired) electrons. The fourth-order valence-corrected chi connectivity index (χ4v) is 1.60. The van der Waals surface area contributed by atoms with Crippen LogP contribution in [-0.2, 0) is 0 Å². The van der Waals surface area contributed by atoms with Gasteiger partial charge in [-0.3, -0.25) is 0 Å². The number of anilines is 1. The van der Waals surface area contributed by atoms with E-state index < -0.39 is 0 Å². The van der Waals surface area contributed by atoms with E-state index in [2.05, 4.69) is 5.32 Å². The minimum Gasteiger partial charge on any atom is -0.393 e. The van der Waals surface area contributed by atoms with Gasteiger partial charge in [0, 0.05) is 25.2 Å². The number of urea groups is 1. The Morgan fingerprint density at radius 2 is 2.22 bits per heavy atom. The van der Waals surface area contributed by atoms with Crippen molar-refractivity contribution in [3.05, 3.63) is 29.8 Å². The molecule has 98 valence electrons. The first kappa shape index (κ1) is 14.4. The minimum atomic E-state index is -0.163. The van der Waals surface area contributed by atoms with Crippen molar-refractivity contribution in [1.29, 1.82) is 0 Å². The summed E-state index contributed by atoms with van der Waals surface area (Å²) >= 11 is 4.89. The smallest absolute Gasteiger partial charge is 0.321 e. The van der Waals surface area contributed by atoms with Crippen molar-refractivity contribution in [3.8, 4) is 0 Å². The second-order valence-corrected chi connectivity index (χ2v) is 4.95. The third-order valence-electron chi connectivity index (χ3n) is 2.65. The number of nitrogens with zero attached hydrogens (tertiary/aromatic N) is 1. The molecule has 0 aliphatic carbocycles. The molecule has 1 unspecified atom stereocenters. The van der Waals surface area contributed by atoms with Crippen molar-refractivity contribution in [2.24, 2.45) is 11.7 Å². The number of carbonyl (C=O) groups excluding carboxylic acids is 1. The van der Waals surface area contributed by atoms with Crippen LogP contribution in [0.2, 0.25) is 0 Å². The normalized spacial score (nSPS) is 11.7. The van der Waals surface area contributed by atoms with Gasteiger partial charge in [-0.05, 0) is 24.6 Å².